The molecule has 0 aliphatic carbocycles. The molecule has 1 fully saturated rings. The second kappa shape index (κ2) is 6.31. The van der Waals surface area contributed by atoms with E-state index < -0.39 is 28.2 Å². The zero-order valence-electron chi connectivity index (χ0n) is 11.4. The van der Waals surface area contributed by atoms with E-state index in [1.165, 1.54) is 6.07 Å². The van der Waals surface area contributed by atoms with Crippen LogP contribution in [0.2, 0.25) is 5.02 Å². The SMILES string of the molecule is Cc1ccc(Cl)cc1S(=O)(=O)NCC1CCC(C(=O)O)O1. The lowest BCUT2D eigenvalue weighted by Crippen LogP contribution is -2.33. The first-order valence-corrected chi connectivity index (χ1v) is 8.30. The molecule has 1 aliphatic heterocycles. The predicted molar refractivity (Wildman–Crippen MR) is 76.9 cm³/mol. The highest BCUT2D eigenvalue weighted by atomic mass is 35.5. The number of aryl methyl sites for hydroxylation is 1. The fraction of sp³-hybridized carbons (Fsp3) is 0.462. The Bertz CT molecular complexity index is 646. The average Bonchev–Trinajstić information content (AvgIpc) is 2.88. The van der Waals surface area contributed by atoms with Crippen LogP contribution in [0.4, 0.5) is 0 Å². The van der Waals surface area contributed by atoms with Gasteiger partial charge in [-0.15, -0.1) is 0 Å². The fourth-order valence-electron chi connectivity index (χ4n) is 2.18. The van der Waals surface area contributed by atoms with Gasteiger partial charge >= 0.3 is 5.97 Å². The largest absolute Gasteiger partial charge is 0.479 e. The molecule has 2 rings (SSSR count). The van der Waals surface area contributed by atoms with Crippen molar-refractivity contribution in [3.8, 4) is 0 Å². The van der Waals surface area contributed by atoms with Crippen molar-refractivity contribution >= 4 is 27.6 Å². The number of ether oxygens (including phenoxy) is 1. The van der Waals surface area contributed by atoms with Crippen LogP contribution in [0.15, 0.2) is 23.1 Å². The third-order valence-electron chi connectivity index (χ3n) is 3.32. The Hall–Kier alpha value is -1.15. The highest BCUT2D eigenvalue weighted by Crippen LogP contribution is 2.22. The van der Waals surface area contributed by atoms with Gasteiger partial charge in [-0.25, -0.2) is 17.9 Å². The number of rotatable bonds is 5. The molecular weight excluding hydrogens is 318 g/mol. The molecule has 0 aromatic heterocycles. The lowest BCUT2D eigenvalue weighted by Gasteiger charge is -2.14. The molecule has 2 unspecified atom stereocenters. The van der Waals surface area contributed by atoms with Gasteiger partial charge in [-0.05, 0) is 37.5 Å². The van der Waals surface area contributed by atoms with Crippen molar-refractivity contribution in [1.29, 1.82) is 0 Å². The van der Waals surface area contributed by atoms with Gasteiger partial charge in [-0.3, -0.25) is 0 Å². The molecule has 2 atom stereocenters. The quantitative estimate of drug-likeness (QED) is 0.853. The average molecular weight is 334 g/mol. The maximum absolute atomic E-state index is 12.2. The van der Waals surface area contributed by atoms with E-state index in [-0.39, 0.29) is 11.4 Å². The number of carboxylic acid groups (broad SMARTS) is 1. The Morgan fingerprint density at radius 2 is 2.19 bits per heavy atom. The van der Waals surface area contributed by atoms with Gasteiger partial charge in [-0.1, -0.05) is 17.7 Å². The maximum Gasteiger partial charge on any atom is 0.332 e. The smallest absolute Gasteiger partial charge is 0.332 e. The molecule has 1 aromatic rings. The van der Waals surface area contributed by atoms with Crippen LogP contribution in [0.5, 0.6) is 0 Å². The van der Waals surface area contributed by atoms with Gasteiger partial charge < -0.3 is 9.84 Å². The minimum atomic E-state index is -3.70. The summed E-state index contributed by atoms with van der Waals surface area (Å²) in [6.45, 7) is 1.72. The minimum absolute atomic E-state index is 0.0397. The predicted octanol–water partition coefficient (Wildman–Crippen LogP) is 1.56. The van der Waals surface area contributed by atoms with Crippen LogP contribution in [0, 0.1) is 6.92 Å². The number of carboxylic acids is 1. The molecule has 21 heavy (non-hydrogen) atoms. The second-order valence-electron chi connectivity index (χ2n) is 4.92. The van der Waals surface area contributed by atoms with Gasteiger partial charge in [0.15, 0.2) is 6.10 Å². The van der Waals surface area contributed by atoms with Gasteiger partial charge in [0.2, 0.25) is 10.0 Å². The molecule has 1 saturated heterocycles. The Morgan fingerprint density at radius 1 is 1.48 bits per heavy atom. The normalized spacial score (nSPS) is 22.4. The summed E-state index contributed by atoms with van der Waals surface area (Å²) in [6, 6.07) is 4.63. The van der Waals surface area contributed by atoms with Crippen molar-refractivity contribution in [2.75, 3.05) is 6.54 Å². The first-order valence-electron chi connectivity index (χ1n) is 6.43. The molecule has 2 N–H and O–H groups in total. The number of nitrogens with one attached hydrogen (secondary N) is 1. The van der Waals surface area contributed by atoms with E-state index >= 15 is 0 Å². The van der Waals surface area contributed by atoms with Gasteiger partial charge in [0.25, 0.3) is 0 Å². The summed E-state index contributed by atoms with van der Waals surface area (Å²) in [7, 11) is -3.70. The molecule has 0 radical (unpaired) electrons. The second-order valence-corrected chi connectivity index (χ2v) is 7.10. The van der Waals surface area contributed by atoms with Crippen LogP contribution in [-0.2, 0) is 19.6 Å². The van der Waals surface area contributed by atoms with E-state index in [1.807, 2.05) is 0 Å². The van der Waals surface area contributed by atoms with Crippen LogP contribution in [0.1, 0.15) is 18.4 Å². The van der Waals surface area contributed by atoms with E-state index in [0.29, 0.717) is 23.4 Å². The molecule has 1 heterocycles. The van der Waals surface area contributed by atoms with Crippen molar-refractivity contribution in [2.45, 2.75) is 36.9 Å². The number of halogens is 1. The molecule has 0 saturated carbocycles. The third kappa shape index (κ3) is 3.94. The van der Waals surface area contributed by atoms with Crippen LogP contribution in [0.3, 0.4) is 0 Å². The number of benzene rings is 1. The van der Waals surface area contributed by atoms with Crippen molar-refractivity contribution in [2.24, 2.45) is 0 Å². The van der Waals surface area contributed by atoms with Crippen molar-refractivity contribution < 1.29 is 23.1 Å². The first kappa shape index (κ1) is 16.2. The summed E-state index contributed by atoms with van der Waals surface area (Å²) in [6.07, 6.45) is -0.390. The lowest BCUT2D eigenvalue weighted by molar-refractivity contribution is -0.149. The summed E-state index contributed by atoms with van der Waals surface area (Å²) in [5.74, 6) is -1.02. The summed E-state index contributed by atoms with van der Waals surface area (Å²) in [4.78, 5) is 10.9. The standard InChI is InChI=1S/C13H16ClNO5S/c1-8-2-3-9(14)6-12(8)21(18,19)15-7-10-4-5-11(20-10)13(16)17/h2-3,6,10-11,15H,4-5,7H2,1H3,(H,16,17). The molecule has 0 amide bonds. The summed E-state index contributed by atoms with van der Waals surface area (Å²) >= 11 is 5.82. The summed E-state index contributed by atoms with van der Waals surface area (Å²) in [5, 5.41) is 9.16. The molecule has 1 aromatic carbocycles. The van der Waals surface area contributed by atoms with E-state index in [1.54, 1.807) is 19.1 Å². The molecular formula is C13H16ClNO5S. The summed E-state index contributed by atoms with van der Waals surface area (Å²) in [5.41, 5.74) is 0.586. The van der Waals surface area contributed by atoms with Crippen molar-refractivity contribution in [1.82, 2.24) is 4.72 Å². The van der Waals surface area contributed by atoms with Crippen molar-refractivity contribution in [3.63, 3.8) is 0 Å². The number of hydrogen-bond acceptors (Lipinski definition) is 4. The van der Waals surface area contributed by atoms with Gasteiger partial charge in [0, 0.05) is 11.6 Å². The van der Waals surface area contributed by atoms with Crippen molar-refractivity contribution in [3.05, 3.63) is 28.8 Å². The first-order chi connectivity index (χ1) is 9.79. The van der Waals surface area contributed by atoms with Crippen LogP contribution in [-0.4, -0.2) is 38.2 Å². The number of aliphatic carboxylic acids is 1. The highest BCUT2D eigenvalue weighted by molar-refractivity contribution is 7.89. The number of carbonyl (C=O) groups is 1. The lowest BCUT2D eigenvalue weighted by atomic mass is 10.2. The monoisotopic (exact) mass is 333 g/mol. The topological polar surface area (TPSA) is 92.7 Å². The van der Waals surface area contributed by atoms with Gasteiger partial charge in [0.05, 0.1) is 11.0 Å². The van der Waals surface area contributed by atoms with Crippen LogP contribution < -0.4 is 4.72 Å². The molecule has 0 bridgehead atoms. The highest BCUT2D eigenvalue weighted by Gasteiger charge is 2.31. The van der Waals surface area contributed by atoms with E-state index in [2.05, 4.69) is 4.72 Å². The molecule has 6 nitrogen and oxygen atoms in total. The van der Waals surface area contributed by atoms with E-state index in [4.69, 9.17) is 21.4 Å². The Labute approximate surface area is 128 Å². The molecule has 0 spiro atoms. The fourth-order valence-corrected chi connectivity index (χ4v) is 3.75. The minimum Gasteiger partial charge on any atom is -0.479 e. The zero-order chi connectivity index (χ0) is 15.6. The zero-order valence-corrected chi connectivity index (χ0v) is 12.9. The maximum atomic E-state index is 12.2. The molecule has 116 valence electrons. The number of hydrogen-bond donors (Lipinski definition) is 2. The van der Waals surface area contributed by atoms with E-state index in [0.717, 1.165) is 0 Å². The number of sulfonamides is 1. The molecule has 1 aliphatic rings. The van der Waals surface area contributed by atoms with Crippen LogP contribution >= 0.6 is 11.6 Å². The van der Waals surface area contributed by atoms with E-state index in [9.17, 15) is 13.2 Å². The Balaban J connectivity index is 2.02. The van der Waals surface area contributed by atoms with Gasteiger partial charge in [0.1, 0.15) is 0 Å². The Kier molecular flexibility index (Phi) is 4.88. The van der Waals surface area contributed by atoms with Crippen LogP contribution in [0.25, 0.3) is 0 Å². The molecule has 8 heteroatoms. The third-order valence-corrected chi connectivity index (χ3v) is 5.12. The van der Waals surface area contributed by atoms with Gasteiger partial charge in [-0.2, -0.15) is 0 Å². The Morgan fingerprint density at radius 3 is 2.81 bits per heavy atom. The summed E-state index contributed by atoms with van der Waals surface area (Å²) < 4.78 is 32.2.